The standard InChI is InChI=1S/C11H16FNO3/c1-2-16-10-5-3-4-9(12)11(10)13-6-8(15)7-14/h3-5,8,13-15H,2,6-7H2,1H3. The fourth-order valence-electron chi connectivity index (χ4n) is 1.24. The quantitative estimate of drug-likeness (QED) is 0.680. The zero-order valence-electron chi connectivity index (χ0n) is 9.11. The third kappa shape index (κ3) is 3.36. The van der Waals surface area contributed by atoms with E-state index < -0.39 is 11.9 Å². The van der Waals surface area contributed by atoms with Crippen LogP contribution in [0.1, 0.15) is 6.92 Å². The number of ether oxygens (including phenoxy) is 1. The highest BCUT2D eigenvalue weighted by Crippen LogP contribution is 2.27. The minimum atomic E-state index is -0.922. The fraction of sp³-hybridized carbons (Fsp3) is 0.455. The van der Waals surface area contributed by atoms with Crippen molar-refractivity contribution in [1.82, 2.24) is 0 Å². The van der Waals surface area contributed by atoms with Crippen LogP contribution < -0.4 is 10.1 Å². The molecule has 1 unspecified atom stereocenters. The molecule has 0 heterocycles. The van der Waals surface area contributed by atoms with Gasteiger partial charge in [-0.2, -0.15) is 0 Å². The smallest absolute Gasteiger partial charge is 0.150 e. The largest absolute Gasteiger partial charge is 0.492 e. The van der Waals surface area contributed by atoms with Gasteiger partial charge in [0.1, 0.15) is 17.3 Å². The van der Waals surface area contributed by atoms with Crippen LogP contribution >= 0.6 is 0 Å². The molecule has 5 heteroatoms. The monoisotopic (exact) mass is 229 g/mol. The Morgan fingerprint density at radius 1 is 1.50 bits per heavy atom. The molecule has 0 aliphatic heterocycles. The molecule has 1 aromatic carbocycles. The van der Waals surface area contributed by atoms with Crippen molar-refractivity contribution in [3.63, 3.8) is 0 Å². The molecule has 0 spiro atoms. The molecular formula is C11H16FNO3. The number of nitrogens with one attached hydrogen (secondary N) is 1. The van der Waals surface area contributed by atoms with Gasteiger partial charge in [0.25, 0.3) is 0 Å². The van der Waals surface area contributed by atoms with Crippen LogP contribution in [-0.2, 0) is 0 Å². The number of anilines is 1. The van der Waals surface area contributed by atoms with Crippen LogP contribution in [0, 0.1) is 5.82 Å². The van der Waals surface area contributed by atoms with E-state index in [1.165, 1.54) is 6.07 Å². The van der Waals surface area contributed by atoms with Crippen molar-refractivity contribution in [3.8, 4) is 5.75 Å². The second kappa shape index (κ2) is 6.30. The van der Waals surface area contributed by atoms with E-state index >= 15 is 0 Å². The van der Waals surface area contributed by atoms with Crippen molar-refractivity contribution in [2.75, 3.05) is 25.1 Å². The van der Waals surface area contributed by atoms with Gasteiger partial charge in [-0.15, -0.1) is 0 Å². The lowest BCUT2D eigenvalue weighted by molar-refractivity contribution is 0.105. The summed E-state index contributed by atoms with van der Waals surface area (Å²) < 4.78 is 18.7. The molecule has 0 aliphatic rings. The lowest BCUT2D eigenvalue weighted by atomic mass is 10.2. The van der Waals surface area contributed by atoms with Gasteiger partial charge in [-0.05, 0) is 19.1 Å². The molecule has 0 aromatic heterocycles. The van der Waals surface area contributed by atoms with Gasteiger partial charge in [0.15, 0.2) is 0 Å². The molecule has 16 heavy (non-hydrogen) atoms. The minimum absolute atomic E-state index is 0.0670. The maximum atomic E-state index is 13.4. The van der Waals surface area contributed by atoms with Crippen LogP contribution in [0.3, 0.4) is 0 Å². The van der Waals surface area contributed by atoms with Gasteiger partial charge in [-0.3, -0.25) is 0 Å². The van der Waals surface area contributed by atoms with Crippen molar-refractivity contribution in [1.29, 1.82) is 0 Å². The Morgan fingerprint density at radius 2 is 2.25 bits per heavy atom. The molecule has 0 aliphatic carbocycles. The SMILES string of the molecule is CCOc1cccc(F)c1NCC(O)CO. The van der Waals surface area contributed by atoms with E-state index in [0.717, 1.165) is 0 Å². The van der Waals surface area contributed by atoms with Crippen LogP contribution in [0.5, 0.6) is 5.75 Å². The van der Waals surface area contributed by atoms with Crippen molar-refractivity contribution < 1.29 is 19.3 Å². The zero-order valence-corrected chi connectivity index (χ0v) is 9.11. The van der Waals surface area contributed by atoms with E-state index in [-0.39, 0.29) is 18.8 Å². The summed E-state index contributed by atoms with van der Waals surface area (Å²) in [6.07, 6.45) is -0.922. The van der Waals surface area contributed by atoms with E-state index in [4.69, 9.17) is 14.9 Å². The molecule has 3 N–H and O–H groups in total. The number of aliphatic hydroxyl groups excluding tert-OH is 2. The van der Waals surface area contributed by atoms with Crippen molar-refractivity contribution in [2.24, 2.45) is 0 Å². The van der Waals surface area contributed by atoms with Crippen LogP contribution in [0.15, 0.2) is 18.2 Å². The first-order valence-corrected chi connectivity index (χ1v) is 5.13. The van der Waals surface area contributed by atoms with Crippen LogP contribution in [0.4, 0.5) is 10.1 Å². The third-order valence-corrected chi connectivity index (χ3v) is 2.00. The molecule has 90 valence electrons. The topological polar surface area (TPSA) is 61.7 Å². The molecule has 0 bridgehead atoms. The van der Waals surface area contributed by atoms with Gasteiger partial charge in [0.05, 0.1) is 19.3 Å². The number of aliphatic hydroxyl groups is 2. The lowest BCUT2D eigenvalue weighted by Crippen LogP contribution is -2.23. The van der Waals surface area contributed by atoms with Crippen LogP contribution in [0.25, 0.3) is 0 Å². The average molecular weight is 229 g/mol. The molecule has 1 aromatic rings. The summed E-state index contributed by atoms with van der Waals surface area (Å²) in [7, 11) is 0. The molecule has 1 rings (SSSR count). The van der Waals surface area contributed by atoms with E-state index in [0.29, 0.717) is 12.4 Å². The second-order valence-electron chi connectivity index (χ2n) is 3.26. The maximum Gasteiger partial charge on any atom is 0.150 e. The Balaban J connectivity index is 2.75. The molecule has 1 atom stereocenters. The highest BCUT2D eigenvalue weighted by atomic mass is 19.1. The molecule has 0 fully saturated rings. The minimum Gasteiger partial charge on any atom is -0.492 e. The normalized spacial score (nSPS) is 12.2. The first-order chi connectivity index (χ1) is 7.69. The fourth-order valence-corrected chi connectivity index (χ4v) is 1.24. The van der Waals surface area contributed by atoms with Gasteiger partial charge < -0.3 is 20.3 Å². The Morgan fingerprint density at radius 3 is 2.88 bits per heavy atom. The number of rotatable bonds is 6. The van der Waals surface area contributed by atoms with E-state index in [1.807, 2.05) is 0 Å². The highest BCUT2D eigenvalue weighted by molar-refractivity contribution is 5.57. The molecular weight excluding hydrogens is 213 g/mol. The summed E-state index contributed by atoms with van der Waals surface area (Å²) in [5, 5.41) is 20.5. The van der Waals surface area contributed by atoms with Crippen LogP contribution in [0.2, 0.25) is 0 Å². The van der Waals surface area contributed by atoms with Crippen molar-refractivity contribution in [2.45, 2.75) is 13.0 Å². The predicted molar refractivity (Wildman–Crippen MR) is 59.2 cm³/mol. The molecule has 4 nitrogen and oxygen atoms in total. The van der Waals surface area contributed by atoms with Gasteiger partial charge in [0, 0.05) is 6.54 Å². The summed E-state index contributed by atoms with van der Waals surface area (Å²) in [6, 6.07) is 4.49. The lowest BCUT2D eigenvalue weighted by Gasteiger charge is -2.14. The molecule has 0 saturated carbocycles. The Labute approximate surface area is 93.7 Å². The highest BCUT2D eigenvalue weighted by Gasteiger charge is 2.10. The van der Waals surface area contributed by atoms with Gasteiger partial charge in [-0.1, -0.05) is 6.07 Å². The summed E-state index contributed by atoms with van der Waals surface area (Å²) in [4.78, 5) is 0. The Bertz CT molecular complexity index is 333. The van der Waals surface area contributed by atoms with Crippen molar-refractivity contribution in [3.05, 3.63) is 24.0 Å². The average Bonchev–Trinajstić information content (AvgIpc) is 2.28. The summed E-state index contributed by atoms with van der Waals surface area (Å²) in [5.41, 5.74) is 0.205. The number of halogens is 1. The molecule has 0 radical (unpaired) electrons. The number of hydrogen-bond donors (Lipinski definition) is 3. The van der Waals surface area contributed by atoms with E-state index in [1.54, 1.807) is 19.1 Å². The molecule has 0 saturated heterocycles. The number of benzene rings is 1. The summed E-state index contributed by atoms with van der Waals surface area (Å²) in [6.45, 7) is 1.93. The Hall–Kier alpha value is -1.33. The second-order valence-corrected chi connectivity index (χ2v) is 3.26. The summed E-state index contributed by atoms with van der Waals surface area (Å²) >= 11 is 0. The summed E-state index contributed by atoms with van der Waals surface area (Å²) in [5.74, 6) is -0.0521. The molecule has 0 amide bonds. The van der Waals surface area contributed by atoms with Gasteiger partial charge in [0.2, 0.25) is 0 Å². The number of hydrogen-bond acceptors (Lipinski definition) is 4. The predicted octanol–water partition coefficient (Wildman–Crippen LogP) is 0.989. The van der Waals surface area contributed by atoms with Gasteiger partial charge in [-0.25, -0.2) is 4.39 Å². The number of para-hydroxylation sites is 1. The van der Waals surface area contributed by atoms with Gasteiger partial charge >= 0.3 is 0 Å². The first-order valence-electron chi connectivity index (χ1n) is 5.13. The van der Waals surface area contributed by atoms with E-state index in [2.05, 4.69) is 5.32 Å². The van der Waals surface area contributed by atoms with Crippen LogP contribution in [-0.4, -0.2) is 36.1 Å². The third-order valence-electron chi connectivity index (χ3n) is 2.00. The van der Waals surface area contributed by atoms with E-state index in [9.17, 15) is 4.39 Å². The first kappa shape index (κ1) is 12.7. The van der Waals surface area contributed by atoms with Crippen molar-refractivity contribution >= 4 is 5.69 Å². The zero-order chi connectivity index (χ0) is 12.0. The maximum absolute atomic E-state index is 13.4. The Kier molecular flexibility index (Phi) is 5.01.